The summed E-state index contributed by atoms with van der Waals surface area (Å²) < 4.78 is 5.89. The number of fused-ring (bicyclic) bond motifs is 1. The predicted molar refractivity (Wildman–Crippen MR) is 60.0 cm³/mol. The van der Waals surface area contributed by atoms with Crippen molar-refractivity contribution in [2.75, 3.05) is 7.11 Å². The van der Waals surface area contributed by atoms with Crippen molar-refractivity contribution in [1.29, 1.82) is 0 Å². The Bertz CT molecular complexity index is 528. The number of methoxy groups -OCH3 is 1. The highest BCUT2D eigenvalue weighted by molar-refractivity contribution is 7.21. The lowest BCUT2D eigenvalue weighted by Crippen LogP contribution is -1.91. The Labute approximate surface area is 90.9 Å². The van der Waals surface area contributed by atoms with Crippen LogP contribution in [0.3, 0.4) is 0 Å². The van der Waals surface area contributed by atoms with Crippen LogP contribution in [0.4, 0.5) is 0 Å². The molecule has 0 spiro atoms. The molecule has 1 heterocycles. The van der Waals surface area contributed by atoms with Crippen LogP contribution >= 0.6 is 11.3 Å². The Morgan fingerprint density at radius 3 is 2.80 bits per heavy atom. The molecule has 0 fully saturated rings. The summed E-state index contributed by atoms with van der Waals surface area (Å²) in [7, 11) is 1.53. The molecule has 0 bridgehead atoms. The number of ether oxygens (including phenoxy) is 1. The lowest BCUT2D eigenvalue weighted by Gasteiger charge is -1.99. The molecule has 0 saturated heterocycles. The summed E-state index contributed by atoms with van der Waals surface area (Å²) in [6.07, 6.45) is 0. The SMILES string of the molecule is COc1c(C(C)=O)sc2c(O)cccc12. The van der Waals surface area contributed by atoms with Gasteiger partial charge >= 0.3 is 0 Å². The van der Waals surface area contributed by atoms with E-state index < -0.39 is 0 Å². The fraction of sp³-hybridized carbons (Fsp3) is 0.182. The van der Waals surface area contributed by atoms with Crippen LogP contribution in [0.2, 0.25) is 0 Å². The highest BCUT2D eigenvalue weighted by Gasteiger charge is 2.17. The molecule has 78 valence electrons. The highest BCUT2D eigenvalue weighted by Crippen LogP contribution is 2.41. The topological polar surface area (TPSA) is 46.5 Å². The van der Waals surface area contributed by atoms with E-state index in [4.69, 9.17) is 4.74 Å². The molecule has 3 nitrogen and oxygen atoms in total. The van der Waals surface area contributed by atoms with Gasteiger partial charge in [-0.1, -0.05) is 6.07 Å². The summed E-state index contributed by atoms with van der Waals surface area (Å²) in [5.41, 5.74) is 0. The molecular formula is C11H10O3S. The van der Waals surface area contributed by atoms with E-state index in [1.165, 1.54) is 25.4 Å². The molecule has 0 unspecified atom stereocenters. The molecule has 0 atom stereocenters. The second kappa shape index (κ2) is 3.55. The van der Waals surface area contributed by atoms with Crippen molar-refractivity contribution in [3.05, 3.63) is 23.1 Å². The van der Waals surface area contributed by atoms with Crippen LogP contribution in [-0.2, 0) is 0 Å². The molecule has 0 aliphatic heterocycles. The van der Waals surface area contributed by atoms with Gasteiger partial charge in [0.1, 0.15) is 16.4 Å². The number of phenolic OH excluding ortho intramolecular Hbond substituents is 1. The van der Waals surface area contributed by atoms with Gasteiger partial charge in [0, 0.05) is 12.3 Å². The monoisotopic (exact) mass is 222 g/mol. The Balaban J connectivity index is 2.84. The number of hydrogen-bond donors (Lipinski definition) is 1. The minimum atomic E-state index is -0.0487. The first kappa shape index (κ1) is 9.98. The summed E-state index contributed by atoms with van der Waals surface area (Å²) >= 11 is 1.26. The minimum Gasteiger partial charge on any atom is -0.506 e. The summed E-state index contributed by atoms with van der Waals surface area (Å²) in [5, 5.41) is 10.4. The number of carbonyl (C=O) groups excluding carboxylic acids is 1. The number of ketones is 1. The Kier molecular flexibility index (Phi) is 2.36. The third-order valence-corrected chi connectivity index (χ3v) is 3.48. The van der Waals surface area contributed by atoms with Crippen molar-refractivity contribution in [3.8, 4) is 11.5 Å². The summed E-state index contributed by atoms with van der Waals surface area (Å²) in [5.74, 6) is 0.689. The molecule has 0 saturated carbocycles. The average Bonchev–Trinajstić information content (AvgIpc) is 2.57. The molecule has 0 aliphatic rings. The van der Waals surface area contributed by atoms with Crippen molar-refractivity contribution in [3.63, 3.8) is 0 Å². The molecule has 0 radical (unpaired) electrons. The van der Waals surface area contributed by atoms with Crippen LogP contribution in [-0.4, -0.2) is 18.0 Å². The van der Waals surface area contributed by atoms with Gasteiger partial charge in [-0.2, -0.15) is 0 Å². The lowest BCUT2D eigenvalue weighted by molar-refractivity contribution is 0.101. The van der Waals surface area contributed by atoms with Crippen LogP contribution in [0.25, 0.3) is 10.1 Å². The van der Waals surface area contributed by atoms with Crippen LogP contribution in [0.15, 0.2) is 18.2 Å². The quantitative estimate of drug-likeness (QED) is 0.795. The fourth-order valence-electron chi connectivity index (χ4n) is 1.52. The van der Waals surface area contributed by atoms with Crippen molar-refractivity contribution < 1.29 is 14.6 Å². The predicted octanol–water partition coefficient (Wildman–Crippen LogP) is 2.82. The van der Waals surface area contributed by atoms with Crippen LogP contribution in [0.1, 0.15) is 16.6 Å². The fourth-order valence-corrected chi connectivity index (χ4v) is 2.59. The van der Waals surface area contributed by atoms with Crippen molar-refractivity contribution in [2.45, 2.75) is 6.92 Å². The first-order valence-electron chi connectivity index (χ1n) is 4.44. The molecule has 2 rings (SSSR count). The van der Waals surface area contributed by atoms with E-state index in [-0.39, 0.29) is 11.5 Å². The van der Waals surface area contributed by atoms with Crippen molar-refractivity contribution in [2.24, 2.45) is 0 Å². The molecule has 4 heteroatoms. The van der Waals surface area contributed by atoms with Gasteiger partial charge in [-0.05, 0) is 12.1 Å². The van der Waals surface area contributed by atoms with Gasteiger partial charge in [0.05, 0.1) is 11.8 Å². The van der Waals surface area contributed by atoms with E-state index in [1.54, 1.807) is 12.1 Å². The number of Topliss-reactive ketones (excluding diaryl/α,β-unsaturated/α-hetero) is 1. The normalized spacial score (nSPS) is 10.5. The zero-order valence-corrected chi connectivity index (χ0v) is 9.22. The highest BCUT2D eigenvalue weighted by atomic mass is 32.1. The van der Waals surface area contributed by atoms with E-state index in [1.807, 2.05) is 6.07 Å². The number of hydrogen-bond acceptors (Lipinski definition) is 4. The Morgan fingerprint density at radius 1 is 1.47 bits per heavy atom. The maximum absolute atomic E-state index is 11.4. The smallest absolute Gasteiger partial charge is 0.173 e. The zero-order chi connectivity index (χ0) is 11.0. The maximum atomic E-state index is 11.4. The maximum Gasteiger partial charge on any atom is 0.173 e. The van der Waals surface area contributed by atoms with Gasteiger partial charge in [0.2, 0.25) is 0 Å². The molecule has 0 aliphatic carbocycles. The molecule has 1 aromatic heterocycles. The summed E-state index contributed by atoms with van der Waals surface area (Å²) in [6.45, 7) is 1.49. The zero-order valence-electron chi connectivity index (χ0n) is 8.40. The molecular weight excluding hydrogens is 212 g/mol. The largest absolute Gasteiger partial charge is 0.506 e. The number of aromatic hydroxyl groups is 1. The van der Waals surface area contributed by atoms with E-state index in [0.717, 1.165) is 5.39 Å². The molecule has 15 heavy (non-hydrogen) atoms. The van der Waals surface area contributed by atoms with E-state index in [0.29, 0.717) is 15.3 Å². The second-order valence-electron chi connectivity index (χ2n) is 3.17. The molecule has 1 aromatic carbocycles. The van der Waals surface area contributed by atoms with Crippen LogP contribution < -0.4 is 4.74 Å². The van der Waals surface area contributed by atoms with Crippen LogP contribution in [0, 0.1) is 0 Å². The van der Waals surface area contributed by atoms with Gasteiger partial charge < -0.3 is 9.84 Å². The van der Waals surface area contributed by atoms with Crippen molar-refractivity contribution in [1.82, 2.24) is 0 Å². The number of benzene rings is 1. The number of carbonyl (C=O) groups is 1. The first-order valence-corrected chi connectivity index (χ1v) is 5.26. The standard InChI is InChI=1S/C11H10O3S/c1-6(12)10-9(14-2)7-4-3-5-8(13)11(7)15-10/h3-5,13H,1-2H3. The van der Waals surface area contributed by atoms with Crippen LogP contribution in [0.5, 0.6) is 11.5 Å². The molecule has 1 N–H and O–H groups in total. The average molecular weight is 222 g/mol. The van der Waals surface area contributed by atoms with Gasteiger partial charge in [0.25, 0.3) is 0 Å². The van der Waals surface area contributed by atoms with Gasteiger partial charge in [0.15, 0.2) is 5.78 Å². The third-order valence-electron chi connectivity index (χ3n) is 2.17. The minimum absolute atomic E-state index is 0.0487. The van der Waals surface area contributed by atoms with Gasteiger partial charge in [-0.25, -0.2) is 0 Å². The second-order valence-corrected chi connectivity index (χ2v) is 4.20. The number of phenols is 1. The first-order chi connectivity index (χ1) is 7.15. The molecule has 2 aromatic rings. The van der Waals surface area contributed by atoms with Gasteiger partial charge in [-0.15, -0.1) is 11.3 Å². The summed E-state index contributed by atoms with van der Waals surface area (Å²) in [6, 6.07) is 5.16. The van der Waals surface area contributed by atoms with Crippen molar-refractivity contribution >= 4 is 27.2 Å². The number of thiophene rings is 1. The van der Waals surface area contributed by atoms with E-state index in [9.17, 15) is 9.90 Å². The molecule has 0 amide bonds. The van der Waals surface area contributed by atoms with E-state index >= 15 is 0 Å². The Morgan fingerprint density at radius 2 is 2.20 bits per heavy atom. The summed E-state index contributed by atoms with van der Waals surface area (Å²) in [4.78, 5) is 11.9. The Hall–Kier alpha value is -1.55. The number of rotatable bonds is 2. The lowest BCUT2D eigenvalue weighted by atomic mass is 10.2. The van der Waals surface area contributed by atoms with E-state index in [2.05, 4.69) is 0 Å². The third kappa shape index (κ3) is 1.47. The van der Waals surface area contributed by atoms with Gasteiger partial charge in [-0.3, -0.25) is 4.79 Å².